The van der Waals surface area contributed by atoms with Gasteiger partial charge in [-0.1, -0.05) is 6.07 Å². The number of aromatic nitrogens is 1. The van der Waals surface area contributed by atoms with Crippen LogP contribution in [0, 0.1) is 6.92 Å². The fourth-order valence-electron chi connectivity index (χ4n) is 4.16. The second-order valence-corrected chi connectivity index (χ2v) is 9.81. The van der Waals surface area contributed by atoms with Crippen LogP contribution in [-0.2, 0) is 6.42 Å². The van der Waals surface area contributed by atoms with Gasteiger partial charge < -0.3 is 20.3 Å². The van der Waals surface area contributed by atoms with Gasteiger partial charge in [-0.3, -0.25) is 9.78 Å². The maximum absolute atomic E-state index is 13.0. The summed E-state index contributed by atoms with van der Waals surface area (Å²) in [5.41, 5.74) is 3.47. The molecule has 1 aliphatic heterocycles. The number of ether oxygens (including phenoxy) is 1. The Labute approximate surface area is 210 Å². The van der Waals surface area contributed by atoms with E-state index in [0.717, 1.165) is 55.2 Å². The highest BCUT2D eigenvalue weighted by molar-refractivity contribution is 7.80. The molecule has 1 fully saturated rings. The molecule has 1 saturated heterocycles. The number of carbonyl (C=O) groups excluding carboxylic acids is 1. The number of hydrogen-bond acceptors (Lipinski definition) is 5. The van der Waals surface area contributed by atoms with Crippen LogP contribution in [0.25, 0.3) is 0 Å². The van der Waals surface area contributed by atoms with Gasteiger partial charge in [0.05, 0.1) is 18.4 Å². The number of rotatable bonds is 7. The molecule has 0 saturated carbocycles. The lowest BCUT2D eigenvalue weighted by Gasteiger charge is -2.34. The number of likely N-dealkylation sites (tertiary alicyclic amines) is 1. The normalized spacial score (nSPS) is 14.0. The third-order valence-corrected chi connectivity index (χ3v) is 7.35. The number of thiocarbonyl (C=S) groups is 1. The average molecular weight is 495 g/mol. The van der Waals surface area contributed by atoms with Gasteiger partial charge in [-0.25, -0.2) is 0 Å². The average Bonchev–Trinajstić information content (AvgIpc) is 3.38. The van der Waals surface area contributed by atoms with Crippen molar-refractivity contribution in [3.05, 3.63) is 75.7 Å². The molecule has 34 heavy (non-hydrogen) atoms. The lowest BCUT2D eigenvalue weighted by molar-refractivity contribution is 0.0951. The second-order valence-electron chi connectivity index (χ2n) is 8.39. The van der Waals surface area contributed by atoms with E-state index in [-0.39, 0.29) is 11.8 Å². The zero-order valence-electron chi connectivity index (χ0n) is 19.5. The van der Waals surface area contributed by atoms with Crippen molar-refractivity contribution in [1.82, 2.24) is 15.2 Å². The molecule has 3 heterocycles. The van der Waals surface area contributed by atoms with Crippen LogP contribution in [0.4, 0.5) is 5.69 Å². The van der Waals surface area contributed by atoms with Crippen molar-refractivity contribution in [1.29, 1.82) is 0 Å². The number of piperidine rings is 1. The minimum atomic E-state index is -0.0434. The lowest BCUT2D eigenvalue weighted by atomic mass is 9.90. The maximum atomic E-state index is 13.0. The van der Waals surface area contributed by atoms with E-state index >= 15 is 0 Å². The molecule has 1 aliphatic rings. The van der Waals surface area contributed by atoms with Crippen LogP contribution in [0.2, 0.25) is 0 Å². The smallest absolute Gasteiger partial charge is 0.253 e. The van der Waals surface area contributed by atoms with E-state index in [0.29, 0.717) is 17.2 Å². The summed E-state index contributed by atoms with van der Waals surface area (Å²) in [5.74, 6) is 1.01. The van der Waals surface area contributed by atoms with Gasteiger partial charge >= 0.3 is 0 Å². The fraction of sp³-hybridized carbons (Fsp3) is 0.346. The molecule has 1 aromatic carbocycles. The number of thiophene rings is 1. The Kier molecular flexibility index (Phi) is 8.13. The summed E-state index contributed by atoms with van der Waals surface area (Å²) >= 11 is 7.36. The van der Waals surface area contributed by atoms with Gasteiger partial charge in [0.1, 0.15) is 5.75 Å². The SMILES string of the molecule is COc1ccc(NC(=S)N2CCC(c3nc(C)ccc3C(=O)NCCc3cccs3)CC2)cc1. The van der Waals surface area contributed by atoms with Crippen LogP contribution in [0.1, 0.15) is 45.4 Å². The van der Waals surface area contributed by atoms with Crippen LogP contribution < -0.4 is 15.4 Å². The number of methoxy groups -OCH3 is 1. The van der Waals surface area contributed by atoms with Crippen molar-refractivity contribution in [3.8, 4) is 5.75 Å². The molecule has 8 heteroatoms. The van der Waals surface area contributed by atoms with E-state index in [4.69, 9.17) is 21.9 Å². The number of amides is 1. The van der Waals surface area contributed by atoms with E-state index in [9.17, 15) is 4.79 Å². The van der Waals surface area contributed by atoms with E-state index in [1.54, 1.807) is 18.4 Å². The standard InChI is InChI=1S/C26H30N4O2S2/c1-18-5-10-23(25(31)27-14-11-22-4-3-17-34-22)24(28-18)19-12-15-30(16-13-19)26(33)29-20-6-8-21(32-2)9-7-20/h3-10,17,19H,11-16H2,1-2H3,(H,27,31)(H,29,33). The van der Waals surface area contributed by atoms with Crippen molar-refractivity contribution in [2.75, 3.05) is 32.1 Å². The van der Waals surface area contributed by atoms with E-state index in [1.165, 1.54) is 4.88 Å². The van der Waals surface area contributed by atoms with Gasteiger partial charge in [0.25, 0.3) is 5.91 Å². The molecule has 3 aromatic rings. The highest BCUT2D eigenvalue weighted by Crippen LogP contribution is 2.30. The van der Waals surface area contributed by atoms with Crippen LogP contribution >= 0.6 is 23.6 Å². The highest BCUT2D eigenvalue weighted by Gasteiger charge is 2.27. The summed E-state index contributed by atoms with van der Waals surface area (Å²) in [6.07, 6.45) is 2.64. The lowest BCUT2D eigenvalue weighted by Crippen LogP contribution is -2.41. The van der Waals surface area contributed by atoms with Crippen LogP contribution in [0.3, 0.4) is 0 Å². The summed E-state index contributed by atoms with van der Waals surface area (Å²) < 4.78 is 5.21. The fourth-order valence-corrected chi connectivity index (χ4v) is 5.17. The Balaban J connectivity index is 1.35. The molecule has 0 radical (unpaired) electrons. The minimum absolute atomic E-state index is 0.0434. The van der Waals surface area contributed by atoms with Gasteiger partial charge in [-0.2, -0.15) is 0 Å². The van der Waals surface area contributed by atoms with Gasteiger partial charge in [0, 0.05) is 41.8 Å². The minimum Gasteiger partial charge on any atom is -0.497 e. The molecular formula is C26H30N4O2S2. The highest BCUT2D eigenvalue weighted by atomic mass is 32.1. The first kappa shape index (κ1) is 24.2. The largest absolute Gasteiger partial charge is 0.497 e. The van der Waals surface area contributed by atoms with Gasteiger partial charge in [0.15, 0.2) is 5.11 Å². The predicted molar refractivity (Wildman–Crippen MR) is 142 cm³/mol. The molecule has 0 spiro atoms. The van der Waals surface area contributed by atoms with Gasteiger partial charge in [-0.05, 0) is 86.2 Å². The number of nitrogens with zero attached hydrogens (tertiary/aromatic N) is 2. The number of pyridine rings is 1. The molecule has 0 unspecified atom stereocenters. The molecule has 1 amide bonds. The van der Waals surface area contributed by atoms with E-state index < -0.39 is 0 Å². The van der Waals surface area contributed by atoms with Crippen LogP contribution in [0.5, 0.6) is 5.75 Å². The quantitative estimate of drug-likeness (QED) is 0.450. The van der Waals surface area contributed by atoms with Crippen molar-refractivity contribution >= 4 is 40.3 Å². The number of nitrogens with one attached hydrogen (secondary N) is 2. The molecule has 6 nitrogen and oxygen atoms in total. The van der Waals surface area contributed by atoms with Crippen LogP contribution in [-0.4, -0.2) is 47.6 Å². The summed E-state index contributed by atoms with van der Waals surface area (Å²) in [7, 11) is 1.65. The number of carbonyl (C=O) groups is 1. The number of aryl methyl sites for hydroxylation is 1. The summed E-state index contributed by atoms with van der Waals surface area (Å²) in [6.45, 7) is 4.24. The van der Waals surface area contributed by atoms with E-state index in [1.807, 2.05) is 49.4 Å². The molecular weight excluding hydrogens is 464 g/mol. The van der Waals surface area contributed by atoms with Crippen molar-refractivity contribution in [2.24, 2.45) is 0 Å². The Hall–Kier alpha value is -2.97. The summed E-state index contributed by atoms with van der Waals surface area (Å²) in [4.78, 5) is 21.2. The van der Waals surface area contributed by atoms with Crippen molar-refractivity contribution in [3.63, 3.8) is 0 Å². The zero-order valence-corrected chi connectivity index (χ0v) is 21.2. The topological polar surface area (TPSA) is 66.5 Å². The Morgan fingerprint density at radius 3 is 2.62 bits per heavy atom. The molecule has 0 bridgehead atoms. The molecule has 4 rings (SSSR count). The third-order valence-electron chi connectivity index (χ3n) is 6.06. The monoisotopic (exact) mass is 494 g/mol. The Bertz CT molecular complexity index is 1110. The number of hydrogen-bond donors (Lipinski definition) is 2. The first-order chi connectivity index (χ1) is 16.5. The number of benzene rings is 1. The molecule has 2 N–H and O–H groups in total. The van der Waals surface area contributed by atoms with Crippen LogP contribution in [0.15, 0.2) is 53.9 Å². The molecule has 0 atom stereocenters. The zero-order chi connectivity index (χ0) is 23.9. The number of anilines is 1. The van der Waals surface area contributed by atoms with Gasteiger partial charge in [0.2, 0.25) is 0 Å². The molecule has 2 aromatic heterocycles. The predicted octanol–water partition coefficient (Wildman–Crippen LogP) is 5.01. The third kappa shape index (κ3) is 6.12. The first-order valence-corrected chi connectivity index (χ1v) is 12.8. The van der Waals surface area contributed by atoms with Crippen molar-refractivity contribution in [2.45, 2.75) is 32.1 Å². The summed E-state index contributed by atoms with van der Waals surface area (Å²) in [5, 5.41) is 9.16. The summed E-state index contributed by atoms with van der Waals surface area (Å²) in [6, 6.07) is 15.7. The van der Waals surface area contributed by atoms with E-state index in [2.05, 4.69) is 27.0 Å². The Morgan fingerprint density at radius 2 is 1.94 bits per heavy atom. The first-order valence-electron chi connectivity index (χ1n) is 11.5. The second kappa shape index (κ2) is 11.4. The molecule has 0 aliphatic carbocycles. The van der Waals surface area contributed by atoms with Gasteiger partial charge in [-0.15, -0.1) is 11.3 Å². The Morgan fingerprint density at radius 1 is 1.18 bits per heavy atom. The van der Waals surface area contributed by atoms with Crippen molar-refractivity contribution < 1.29 is 9.53 Å². The maximum Gasteiger partial charge on any atom is 0.253 e. The molecule has 178 valence electrons.